The maximum atomic E-state index is 11.6. The number of benzene rings is 2. The fourth-order valence-electron chi connectivity index (χ4n) is 4.98. The molecule has 1 fully saturated rings. The van der Waals surface area contributed by atoms with Crippen molar-refractivity contribution < 1.29 is 9.21 Å². The van der Waals surface area contributed by atoms with Crippen molar-refractivity contribution in [3.63, 3.8) is 0 Å². The minimum absolute atomic E-state index is 0.0401. The van der Waals surface area contributed by atoms with Crippen LogP contribution in [0.2, 0.25) is 0 Å². The third-order valence-corrected chi connectivity index (χ3v) is 6.91. The van der Waals surface area contributed by atoms with Crippen molar-refractivity contribution in [2.45, 2.75) is 32.6 Å². The van der Waals surface area contributed by atoms with Crippen LogP contribution in [0.3, 0.4) is 0 Å². The lowest BCUT2D eigenvalue weighted by molar-refractivity contribution is 0.0989. The number of rotatable bonds is 7. The van der Waals surface area contributed by atoms with Gasteiger partial charge in [-0.2, -0.15) is 5.26 Å². The number of piperazine rings is 1. The van der Waals surface area contributed by atoms with Crippen LogP contribution in [0, 0.1) is 11.3 Å². The molecule has 0 saturated carbocycles. The zero-order valence-electron chi connectivity index (χ0n) is 19.1. The second kappa shape index (κ2) is 9.25. The Morgan fingerprint density at radius 2 is 1.91 bits per heavy atom. The molecule has 2 aliphatic rings. The molecule has 0 radical (unpaired) electrons. The number of hydrogen-bond acceptors (Lipinski definition) is 5. The lowest BCUT2D eigenvalue weighted by Gasteiger charge is -2.36. The average molecular weight is 440 g/mol. The first kappa shape index (κ1) is 21.5. The van der Waals surface area contributed by atoms with Gasteiger partial charge in [0.1, 0.15) is 5.58 Å². The van der Waals surface area contributed by atoms with Gasteiger partial charge in [0.15, 0.2) is 11.5 Å². The molecule has 1 aliphatic carbocycles. The van der Waals surface area contributed by atoms with E-state index in [0.717, 1.165) is 62.1 Å². The minimum Gasteiger partial charge on any atom is -0.453 e. The van der Waals surface area contributed by atoms with Crippen molar-refractivity contribution in [2.75, 3.05) is 37.6 Å². The van der Waals surface area contributed by atoms with Crippen LogP contribution in [-0.2, 0) is 6.42 Å². The molecule has 0 spiro atoms. The highest BCUT2D eigenvalue weighted by molar-refractivity contribution is 5.96. The lowest BCUT2D eigenvalue weighted by Crippen LogP contribution is -2.46. The maximum Gasteiger partial charge on any atom is 0.194 e. The van der Waals surface area contributed by atoms with E-state index in [1.807, 2.05) is 18.2 Å². The Bertz CT molecular complexity index is 1260. The van der Waals surface area contributed by atoms with Gasteiger partial charge in [0.05, 0.1) is 11.6 Å². The first-order valence-electron chi connectivity index (χ1n) is 11.8. The van der Waals surface area contributed by atoms with Gasteiger partial charge in [-0.05, 0) is 85.3 Å². The van der Waals surface area contributed by atoms with Crippen LogP contribution in [0.25, 0.3) is 16.5 Å². The molecule has 1 aromatic heterocycles. The zero-order chi connectivity index (χ0) is 22.8. The van der Waals surface area contributed by atoms with Crippen LogP contribution in [0.4, 0.5) is 5.69 Å². The van der Waals surface area contributed by atoms with E-state index < -0.39 is 0 Å². The Labute approximate surface area is 194 Å². The topological polar surface area (TPSA) is 60.5 Å². The third kappa shape index (κ3) is 4.58. The molecule has 3 aromatic rings. The van der Waals surface area contributed by atoms with Gasteiger partial charge in [-0.3, -0.25) is 9.69 Å². The van der Waals surface area contributed by atoms with Crippen molar-refractivity contribution in [1.29, 1.82) is 5.26 Å². The standard InChI is InChI=1S/C28H29N3O2/c1-20(32)28-18-24-17-25(9-10-27(24)33-28)31-14-12-30(13-15-31)11-3-2-4-22-7-8-23-6-5-21(19-29)16-26(22)23/h5-7,9-10,16-18H,2-4,8,11-15H2,1H3. The van der Waals surface area contributed by atoms with E-state index in [2.05, 4.69) is 46.2 Å². The number of anilines is 1. The van der Waals surface area contributed by atoms with Crippen molar-refractivity contribution in [1.82, 2.24) is 4.90 Å². The molecule has 0 bridgehead atoms. The number of fused-ring (bicyclic) bond motifs is 2. The summed E-state index contributed by atoms with van der Waals surface area (Å²) >= 11 is 0. The molecule has 2 heterocycles. The van der Waals surface area contributed by atoms with E-state index in [0.29, 0.717) is 5.76 Å². The molecule has 5 rings (SSSR count). The zero-order valence-corrected chi connectivity index (χ0v) is 19.1. The van der Waals surface area contributed by atoms with Crippen LogP contribution in [0.5, 0.6) is 0 Å². The number of allylic oxidation sites excluding steroid dienone is 2. The van der Waals surface area contributed by atoms with Gasteiger partial charge in [-0.25, -0.2) is 0 Å². The number of Topliss-reactive ketones (excluding diaryl/α,β-unsaturated/α-hetero) is 1. The van der Waals surface area contributed by atoms with Crippen LogP contribution < -0.4 is 4.90 Å². The highest BCUT2D eigenvalue weighted by atomic mass is 16.3. The first-order valence-corrected chi connectivity index (χ1v) is 11.8. The summed E-state index contributed by atoms with van der Waals surface area (Å²) < 4.78 is 5.62. The van der Waals surface area contributed by atoms with Crippen LogP contribution in [-0.4, -0.2) is 43.4 Å². The highest BCUT2D eigenvalue weighted by Crippen LogP contribution is 2.32. The second-order valence-electron chi connectivity index (χ2n) is 9.09. The van der Waals surface area contributed by atoms with E-state index in [1.54, 1.807) is 0 Å². The Hall–Kier alpha value is -3.36. The molecule has 5 nitrogen and oxygen atoms in total. The van der Waals surface area contributed by atoms with Crippen LogP contribution >= 0.6 is 0 Å². The largest absolute Gasteiger partial charge is 0.453 e. The molecule has 0 unspecified atom stereocenters. The third-order valence-electron chi connectivity index (χ3n) is 6.91. The fraction of sp³-hybridized carbons (Fsp3) is 0.357. The molecular formula is C28H29N3O2. The Kier molecular flexibility index (Phi) is 6.02. The normalized spacial score (nSPS) is 16.0. The van der Waals surface area contributed by atoms with Crippen molar-refractivity contribution >= 4 is 28.0 Å². The number of carbonyl (C=O) groups is 1. The van der Waals surface area contributed by atoms with Crippen molar-refractivity contribution in [2.24, 2.45) is 0 Å². The van der Waals surface area contributed by atoms with E-state index in [1.165, 1.54) is 42.2 Å². The van der Waals surface area contributed by atoms with Gasteiger partial charge in [0.25, 0.3) is 0 Å². The van der Waals surface area contributed by atoms with E-state index in [9.17, 15) is 10.1 Å². The van der Waals surface area contributed by atoms with Gasteiger partial charge < -0.3 is 9.32 Å². The lowest BCUT2D eigenvalue weighted by atomic mass is 9.99. The summed E-state index contributed by atoms with van der Waals surface area (Å²) in [4.78, 5) is 16.6. The Morgan fingerprint density at radius 1 is 1.06 bits per heavy atom. The molecule has 0 N–H and O–H groups in total. The van der Waals surface area contributed by atoms with Crippen molar-refractivity contribution in [3.05, 3.63) is 71.0 Å². The SMILES string of the molecule is CC(=O)c1cc2cc(N3CCN(CCCCC4=CCc5ccc(C#N)cc54)CC3)ccc2o1. The van der Waals surface area contributed by atoms with E-state index >= 15 is 0 Å². The van der Waals surface area contributed by atoms with Gasteiger partial charge in [0.2, 0.25) is 0 Å². The summed E-state index contributed by atoms with van der Waals surface area (Å²) in [5, 5.41) is 10.2. The summed E-state index contributed by atoms with van der Waals surface area (Å²) in [7, 11) is 0. The quantitative estimate of drug-likeness (QED) is 0.362. The number of carbonyl (C=O) groups excluding carboxylic acids is 1. The summed E-state index contributed by atoms with van der Waals surface area (Å²) in [6, 6.07) is 16.4. The molecule has 1 saturated heterocycles. The number of nitriles is 1. The smallest absolute Gasteiger partial charge is 0.194 e. The Balaban J connectivity index is 1.09. The molecule has 0 amide bonds. The molecule has 1 aliphatic heterocycles. The predicted octanol–water partition coefficient (Wildman–Crippen LogP) is 5.44. The van der Waals surface area contributed by atoms with Crippen LogP contribution in [0.1, 0.15) is 53.4 Å². The monoisotopic (exact) mass is 439 g/mol. The molecule has 33 heavy (non-hydrogen) atoms. The summed E-state index contributed by atoms with van der Waals surface area (Å²) in [6.45, 7) is 6.83. The molecule has 168 valence electrons. The fourth-order valence-corrected chi connectivity index (χ4v) is 4.98. The van der Waals surface area contributed by atoms with Gasteiger partial charge in [-0.1, -0.05) is 12.1 Å². The van der Waals surface area contributed by atoms with Crippen LogP contribution in [0.15, 0.2) is 53.0 Å². The number of furan rings is 1. The molecule has 2 aromatic carbocycles. The molecule has 5 heteroatoms. The number of unbranched alkanes of at least 4 members (excludes halogenated alkanes) is 1. The second-order valence-corrected chi connectivity index (χ2v) is 9.09. The average Bonchev–Trinajstić information content (AvgIpc) is 3.45. The maximum absolute atomic E-state index is 11.6. The number of hydrogen-bond donors (Lipinski definition) is 0. The first-order chi connectivity index (χ1) is 16.1. The number of nitrogens with zero attached hydrogens (tertiary/aromatic N) is 3. The summed E-state index contributed by atoms with van der Waals surface area (Å²) in [6.07, 6.45) is 6.80. The van der Waals surface area contributed by atoms with Crippen molar-refractivity contribution in [3.8, 4) is 6.07 Å². The van der Waals surface area contributed by atoms with Gasteiger partial charge in [-0.15, -0.1) is 0 Å². The Morgan fingerprint density at radius 3 is 2.70 bits per heavy atom. The number of ketones is 1. The predicted molar refractivity (Wildman–Crippen MR) is 132 cm³/mol. The summed E-state index contributed by atoms with van der Waals surface area (Å²) in [5.74, 6) is 0.385. The van der Waals surface area contributed by atoms with E-state index in [4.69, 9.17) is 4.42 Å². The minimum atomic E-state index is -0.0401. The van der Waals surface area contributed by atoms with Gasteiger partial charge in [0, 0.05) is 44.2 Å². The van der Waals surface area contributed by atoms with E-state index in [-0.39, 0.29) is 5.78 Å². The molecular weight excluding hydrogens is 410 g/mol. The summed E-state index contributed by atoms with van der Waals surface area (Å²) in [5.41, 5.74) is 6.77. The van der Waals surface area contributed by atoms with Gasteiger partial charge >= 0.3 is 0 Å². The highest BCUT2D eigenvalue weighted by Gasteiger charge is 2.19. The molecule has 0 atom stereocenters.